The van der Waals surface area contributed by atoms with Crippen LogP contribution < -0.4 is 14.4 Å². The predicted octanol–water partition coefficient (Wildman–Crippen LogP) is 2.97. The van der Waals surface area contributed by atoms with Gasteiger partial charge in [0.25, 0.3) is 0 Å². The Morgan fingerprint density at radius 3 is 2.55 bits per heavy atom. The highest BCUT2D eigenvalue weighted by molar-refractivity contribution is 5.87. The molecule has 0 saturated carbocycles. The maximum absolute atomic E-state index is 12.7. The molecule has 3 rings (SSSR count). The Morgan fingerprint density at radius 2 is 1.94 bits per heavy atom. The summed E-state index contributed by atoms with van der Waals surface area (Å²) in [7, 11) is 2.80. The van der Waals surface area contributed by atoms with Crippen molar-refractivity contribution in [1.82, 2.24) is 4.98 Å². The van der Waals surface area contributed by atoms with Gasteiger partial charge in [-0.15, -0.1) is 0 Å². The summed E-state index contributed by atoms with van der Waals surface area (Å²) in [6.07, 6.45) is 5.72. The lowest BCUT2D eigenvalue weighted by molar-refractivity contribution is -0.139. The van der Waals surface area contributed by atoms with Gasteiger partial charge in [-0.2, -0.15) is 5.26 Å². The molecular formula is C23H23N3O5. The monoisotopic (exact) mass is 421 g/mol. The SMILES string of the molecule is COC(=O)/C=C/c1ccc(OC(=O)C2CCN(c3ccc(C#N)cn3)CC2)c(OC)c1. The van der Waals surface area contributed by atoms with Crippen molar-refractivity contribution in [2.75, 3.05) is 32.2 Å². The molecule has 1 aromatic carbocycles. The number of anilines is 1. The zero-order valence-electron chi connectivity index (χ0n) is 17.4. The molecule has 1 aromatic heterocycles. The molecule has 0 aliphatic carbocycles. The Kier molecular flexibility index (Phi) is 7.22. The quantitative estimate of drug-likeness (QED) is 0.399. The number of methoxy groups -OCH3 is 2. The smallest absolute Gasteiger partial charge is 0.330 e. The summed E-state index contributed by atoms with van der Waals surface area (Å²) in [6, 6.07) is 10.7. The Labute approximate surface area is 180 Å². The van der Waals surface area contributed by atoms with Gasteiger partial charge in [-0.3, -0.25) is 4.79 Å². The molecule has 0 amide bonds. The van der Waals surface area contributed by atoms with E-state index >= 15 is 0 Å². The summed E-state index contributed by atoms with van der Waals surface area (Å²) < 4.78 is 15.5. The van der Waals surface area contributed by atoms with Crippen LogP contribution in [0.3, 0.4) is 0 Å². The van der Waals surface area contributed by atoms with E-state index in [1.165, 1.54) is 20.3 Å². The van der Waals surface area contributed by atoms with Crippen LogP contribution in [0.4, 0.5) is 5.82 Å². The van der Waals surface area contributed by atoms with Crippen LogP contribution in [0.25, 0.3) is 6.08 Å². The number of rotatable bonds is 6. The molecule has 2 aromatic rings. The van der Waals surface area contributed by atoms with Gasteiger partial charge in [0.2, 0.25) is 0 Å². The van der Waals surface area contributed by atoms with Gasteiger partial charge in [-0.05, 0) is 48.7 Å². The van der Waals surface area contributed by atoms with E-state index in [-0.39, 0.29) is 11.9 Å². The summed E-state index contributed by atoms with van der Waals surface area (Å²) in [4.78, 5) is 30.3. The van der Waals surface area contributed by atoms with Crippen LogP contribution >= 0.6 is 0 Å². The van der Waals surface area contributed by atoms with Crippen molar-refractivity contribution < 1.29 is 23.8 Å². The molecular weight excluding hydrogens is 398 g/mol. The number of carbonyl (C=O) groups excluding carboxylic acids is 2. The number of carbonyl (C=O) groups is 2. The Balaban J connectivity index is 1.59. The normalized spacial score (nSPS) is 14.2. The van der Waals surface area contributed by atoms with Crippen molar-refractivity contribution in [3.05, 3.63) is 53.7 Å². The molecule has 0 radical (unpaired) electrons. The number of ether oxygens (including phenoxy) is 3. The first-order valence-corrected chi connectivity index (χ1v) is 9.81. The fraction of sp³-hybridized carbons (Fsp3) is 0.304. The minimum atomic E-state index is -0.461. The first-order valence-electron chi connectivity index (χ1n) is 9.81. The first-order chi connectivity index (χ1) is 15.0. The van der Waals surface area contributed by atoms with Crippen molar-refractivity contribution >= 4 is 23.8 Å². The number of aromatic nitrogens is 1. The van der Waals surface area contributed by atoms with E-state index < -0.39 is 5.97 Å². The highest BCUT2D eigenvalue weighted by Crippen LogP contribution is 2.31. The molecule has 1 aliphatic rings. The van der Waals surface area contributed by atoms with E-state index in [0.29, 0.717) is 48.6 Å². The van der Waals surface area contributed by atoms with Gasteiger partial charge in [-0.1, -0.05) is 6.07 Å². The number of hydrogen-bond donors (Lipinski definition) is 0. The van der Waals surface area contributed by atoms with E-state index in [0.717, 1.165) is 5.82 Å². The summed E-state index contributed by atoms with van der Waals surface area (Å²) in [5.41, 5.74) is 1.23. The molecule has 2 heterocycles. The number of piperidine rings is 1. The van der Waals surface area contributed by atoms with E-state index in [9.17, 15) is 9.59 Å². The van der Waals surface area contributed by atoms with Crippen molar-refractivity contribution in [3.8, 4) is 17.6 Å². The summed E-state index contributed by atoms with van der Waals surface area (Å²) in [5.74, 6) is 0.542. The van der Waals surface area contributed by atoms with E-state index in [1.807, 2.05) is 6.07 Å². The van der Waals surface area contributed by atoms with Crippen LogP contribution in [-0.2, 0) is 14.3 Å². The largest absolute Gasteiger partial charge is 0.493 e. The lowest BCUT2D eigenvalue weighted by atomic mass is 9.97. The van der Waals surface area contributed by atoms with Gasteiger partial charge in [-0.25, -0.2) is 9.78 Å². The second-order valence-electron chi connectivity index (χ2n) is 6.97. The molecule has 8 heteroatoms. The zero-order chi connectivity index (χ0) is 22.2. The van der Waals surface area contributed by atoms with Crippen LogP contribution in [0.1, 0.15) is 24.0 Å². The van der Waals surface area contributed by atoms with Gasteiger partial charge in [0.15, 0.2) is 11.5 Å². The highest BCUT2D eigenvalue weighted by Gasteiger charge is 2.27. The lowest BCUT2D eigenvalue weighted by Gasteiger charge is -2.31. The third-order valence-electron chi connectivity index (χ3n) is 5.04. The van der Waals surface area contributed by atoms with Crippen LogP contribution in [0.15, 0.2) is 42.6 Å². The third kappa shape index (κ3) is 5.60. The molecule has 1 aliphatic heterocycles. The van der Waals surface area contributed by atoms with Crippen molar-refractivity contribution in [1.29, 1.82) is 5.26 Å². The zero-order valence-corrected chi connectivity index (χ0v) is 17.4. The maximum Gasteiger partial charge on any atom is 0.330 e. The minimum absolute atomic E-state index is 0.224. The molecule has 160 valence electrons. The number of esters is 2. The Hall–Kier alpha value is -3.86. The molecule has 0 unspecified atom stereocenters. The Morgan fingerprint density at radius 1 is 1.16 bits per heavy atom. The summed E-state index contributed by atoms with van der Waals surface area (Å²) >= 11 is 0. The van der Waals surface area contributed by atoms with Crippen molar-refractivity contribution in [2.24, 2.45) is 5.92 Å². The van der Waals surface area contributed by atoms with Crippen LogP contribution in [0, 0.1) is 17.2 Å². The fourth-order valence-corrected chi connectivity index (χ4v) is 3.28. The van der Waals surface area contributed by atoms with E-state index in [2.05, 4.69) is 20.7 Å². The van der Waals surface area contributed by atoms with Gasteiger partial charge in [0.1, 0.15) is 11.9 Å². The molecule has 1 saturated heterocycles. The van der Waals surface area contributed by atoms with Crippen LogP contribution in [0.5, 0.6) is 11.5 Å². The standard InChI is InChI=1S/C23H23N3O5/c1-29-20-13-16(5-8-22(27)30-2)3-6-19(20)31-23(28)18-9-11-26(12-10-18)21-7-4-17(14-24)15-25-21/h3-8,13,15,18H,9-12H2,1-2H3/b8-5+. The number of nitrogens with zero attached hydrogens (tertiary/aromatic N) is 3. The average Bonchev–Trinajstić information content (AvgIpc) is 2.83. The number of hydrogen-bond acceptors (Lipinski definition) is 8. The van der Waals surface area contributed by atoms with Gasteiger partial charge in [0.05, 0.1) is 25.7 Å². The molecule has 0 atom stereocenters. The summed E-state index contributed by atoms with van der Waals surface area (Å²) in [5, 5.41) is 8.88. The number of nitriles is 1. The minimum Gasteiger partial charge on any atom is -0.493 e. The van der Waals surface area contributed by atoms with Gasteiger partial charge >= 0.3 is 11.9 Å². The van der Waals surface area contributed by atoms with Crippen molar-refractivity contribution in [2.45, 2.75) is 12.8 Å². The second-order valence-corrected chi connectivity index (χ2v) is 6.97. The summed E-state index contributed by atoms with van der Waals surface area (Å²) in [6.45, 7) is 1.35. The van der Waals surface area contributed by atoms with Crippen LogP contribution in [-0.4, -0.2) is 44.2 Å². The molecule has 31 heavy (non-hydrogen) atoms. The molecule has 1 fully saturated rings. The number of benzene rings is 1. The maximum atomic E-state index is 12.7. The predicted molar refractivity (Wildman–Crippen MR) is 114 cm³/mol. The highest BCUT2D eigenvalue weighted by atomic mass is 16.6. The topological polar surface area (TPSA) is 102 Å². The molecule has 8 nitrogen and oxygen atoms in total. The van der Waals surface area contributed by atoms with Crippen molar-refractivity contribution in [3.63, 3.8) is 0 Å². The lowest BCUT2D eigenvalue weighted by Crippen LogP contribution is -2.38. The molecule has 0 spiro atoms. The fourth-order valence-electron chi connectivity index (χ4n) is 3.28. The van der Waals surface area contributed by atoms with Gasteiger partial charge in [0, 0.05) is 25.4 Å². The number of pyridine rings is 1. The van der Waals surface area contributed by atoms with E-state index in [4.69, 9.17) is 14.7 Å². The van der Waals surface area contributed by atoms with Gasteiger partial charge < -0.3 is 19.1 Å². The Bertz CT molecular complexity index is 1000. The third-order valence-corrected chi connectivity index (χ3v) is 5.04. The second kappa shape index (κ2) is 10.3. The van der Waals surface area contributed by atoms with E-state index in [1.54, 1.807) is 36.5 Å². The molecule has 0 N–H and O–H groups in total. The molecule has 0 bridgehead atoms. The van der Waals surface area contributed by atoms with Crippen LogP contribution in [0.2, 0.25) is 0 Å². The average molecular weight is 421 g/mol. The first kappa shape index (κ1) is 21.8.